The van der Waals surface area contributed by atoms with Crippen molar-refractivity contribution >= 4 is 14.8 Å². The molecule has 0 spiro atoms. The van der Waals surface area contributed by atoms with Gasteiger partial charge in [-0.2, -0.15) is 0 Å². The lowest BCUT2D eigenvalue weighted by atomic mass is 10.3. The monoisotopic (exact) mass is 173 g/mol. The Kier molecular flexibility index (Phi) is 6.46. The van der Waals surface area contributed by atoms with Gasteiger partial charge in [-0.1, -0.05) is 6.92 Å². The number of nitrogens with zero attached hydrogens (tertiary/aromatic N) is 1. The van der Waals surface area contributed by atoms with Gasteiger partial charge in [0, 0.05) is 19.4 Å². The Balaban J connectivity index is 3.39. The molecular weight excluding hydrogens is 154 g/mol. The molecule has 1 unspecified atom stereocenters. The Morgan fingerprint density at radius 2 is 2.18 bits per heavy atom. The van der Waals surface area contributed by atoms with Gasteiger partial charge in [-0.15, -0.1) is 0 Å². The Morgan fingerprint density at radius 3 is 2.64 bits per heavy atom. The summed E-state index contributed by atoms with van der Waals surface area (Å²) in [6.45, 7) is 7.38. The molecule has 3 heteroatoms. The van der Waals surface area contributed by atoms with Crippen LogP contribution < -0.4 is 0 Å². The molecular formula is C8H19NOSi. The Bertz CT molecular complexity index is 125. The van der Waals surface area contributed by atoms with E-state index in [0.29, 0.717) is 0 Å². The molecule has 0 aliphatic rings. The quantitative estimate of drug-likeness (QED) is 0.459. The number of rotatable bonds is 5. The van der Waals surface area contributed by atoms with Gasteiger partial charge in [0.25, 0.3) is 0 Å². The third kappa shape index (κ3) is 6.25. The largest absolute Gasteiger partial charge is 0.423 e. The molecule has 0 bridgehead atoms. The van der Waals surface area contributed by atoms with Crippen molar-refractivity contribution in [1.29, 1.82) is 0 Å². The van der Waals surface area contributed by atoms with Crippen LogP contribution in [0.5, 0.6) is 0 Å². The first-order chi connectivity index (χ1) is 5.20. The smallest absolute Gasteiger partial charge is 0.175 e. The molecule has 0 aromatic heterocycles. The summed E-state index contributed by atoms with van der Waals surface area (Å²) in [6, 6.07) is 1.16. The average Bonchev–Trinajstić information content (AvgIpc) is 2.04. The van der Waals surface area contributed by atoms with E-state index in [2.05, 4.69) is 25.4 Å². The maximum Gasteiger partial charge on any atom is 0.175 e. The minimum absolute atomic E-state index is 0.858. The zero-order chi connectivity index (χ0) is 8.69. The van der Waals surface area contributed by atoms with Crippen LogP contribution in [0.15, 0.2) is 4.99 Å². The molecule has 0 heterocycles. The maximum atomic E-state index is 5.24. The summed E-state index contributed by atoms with van der Waals surface area (Å²) in [4.78, 5) is 4.40. The average molecular weight is 173 g/mol. The molecule has 0 saturated carbocycles. The molecule has 0 rings (SSSR count). The van der Waals surface area contributed by atoms with Gasteiger partial charge >= 0.3 is 0 Å². The highest BCUT2D eigenvalue weighted by molar-refractivity contribution is 6.50. The van der Waals surface area contributed by atoms with Gasteiger partial charge in [-0.25, -0.2) is 0 Å². The van der Waals surface area contributed by atoms with Crippen molar-refractivity contribution in [2.24, 2.45) is 4.99 Å². The lowest BCUT2D eigenvalue weighted by Crippen LogP contribution is -2.11. The highest BCUT2D eigenvalue weighted by Crippen LogP contribution is 1.94. The van der Waals surface area contributed by atoms with Gasteiger partial charge in [0.15, 0.2) is 9.04 Å². The predicted molar refractivity (Wildman–Crippen MR) is 53.1 cm³/mol. The van der Waals surface area contributed by atoms with Crippen LogP contribution in [0.25, 0.3) is 0 Å². The van der Waals surface area contributed by atoms with Crippen LogP contribution in [-0.4, -0.2) is 28.4 Å². The van der Waals surface area contributed by atoms with Crippen molar-refractivity contribution < 1.29 is 4.43 Å². The predicted octanol–water partition coefficient (Wildman–Crippen LogP) is 1.86. The maximum absolute atomic E-state index is 5.24. The first-order valence-electron chi connectivity index (χ1n) is 4.23. The number of aliphatic imine (C=N–C) groups is 1. The highest BCUT2D eigenvalue weighted by atomic mass is 28.3. The minimum Gasteiger partial charge on any atom is -0.423 e. The second-order valence-electron chi connectivity index (χ2n) is 2.81. The first kappa shape index (κ1) is 10.8. The second kappa shape index (κ2) is 6.55. The molecule has 0 aromatic carbocycles. The standard InChI is InChI=1S/C8H19NOSi/c1-5-8(2)9-6-7-11(4)10-3/h11H,5-7H2,1-4H3. The van der Waals surface area contributed by atoms with Crippen molar-refractivity contribution in [3.8, 4) is 0 Å². The fourth-order valence-electron chi connectivity index (χ4n) is 0.667. The van der Waals surface area contributed by atoms with Crippen molar-refractivity contribution in [3.63, 3.8) is 0 Å². The molecule has 0 aliphatic carbocycles. The third-order valence-electron chi connectivity index (χ3n) is 1.83. The van der Waals surface area contributed by atoms with Crippen molar-refractivity contribution in [3.05, 3.63) is 0 Å². The summed E-state index contributed by atoms with van der Waals surface area (Å²) in [5, 5.41) is 0. The van der Waals surface area contributed by atoms with Crippen LogP contribution >= 0.6 is 0 Å². The van der Waals surface area contributed by atoms with Gasteiger partial charge in [-0.05, 0) is 25.9 Å². The van der Waals surface area contributed by atoms with Crippen molar-refractivity contribution in [2.45, 2.75) is 32.9 Å². The van der Waals surface area contributed by atoms with Crippen molar-refractivity contribution in [2.75, 3.05) is 13.7 Å². The van der Waals surface area contributed by atoms with E-state index in [-0.39, 0.29) is 0 Å². The van der Waals surface area contributed by atoms with Crippen LogP contribution in [0.4, 0.5) is 0 Å². The number of hydrogen-bond acceptors (Lipinski definition) is 2. The topological polar surface area (TPSA) is 21.6 Å². The van der Waals surface area contributed by atoms with Gasteiger partial charge in [0.1, 0.15) is 0 Å². The molecule has 0 amide bonds. The molecule has 0 saturated heterocycles. The fraction of sp³-hybridized carbons (Fsp3) is 0.875. The Morgan fingerprint density at radius 1 is 1.55 bits per heavy atom. The highest BCUT2D eigenvalue weighted by Gasteiger charge is 1.99. The van der Waals surface area contributed by atoms with Crippen LogP contribution in [0.2, 0.25) is 12.6 Å². The SMILES string of the molecule is CCC(C)=NCC[SiH](C)OC. The molecule has 0 fully saturated rings. The van der Waals surface area contributed by atoms with E-state index < -0.39 is 9.04 Å². The molecule has 0 aromatic rings. The van der Waals surface area contributed by atoms with Gasteiger partial charge in [0.05, 0.1) is 0 Å². The van der Waals surface area contributed by atoms with E-state index >= 15 is 0 Å². The van der Waals surface area contributed by atoms with Gasteiger partial charge in [0.2, 0.25) is 0 Å². The van der Waals surface area contributed by atoms with Crippen LogP contribution in [0.3, 0.4) is 0 Å². The zero-order valence-corrected chi connectivity index (χ0v) is 9.21. The van der Waals surface area contributed by atoms with E-state index in [1.165, 1.54) is 5.71 Å². The fourth-order valence-corrected chi connectivity index (χ4v) is 1.40. The summed E-state index contributed by atoms with van der Waals surface area (Å²) in [7, 11) is 0.941. The molecule has 0 N–H and O–H groups in total. The molecule has 11 heavy (non-hydrogen) atoms. The summed E-state index contributed by atoms with van der Waals surface area (Å²) in [5.41, 5.74) is 1.25. The van der Waals surface area contributed by atoms with Crippen LogP contribution in [0, 0.1) is 0 Å². The minimum atomic E-state index is -0.858. The molecule has 0 aliphatic heterocycles. The summed E-state index contributed by atoms with van der Waals surface area (Å²) in [5.74, 6) is 0. The first-order valence-corrected chi connectivity index (χ1v) is 6.67. The van der Waals surface area contributed by atoms with E-state index in [0.717, 1.165) is 19.0 Å². The normalized spacial score (nSPS) is 15.1. The lowest BCUT2D eigenvalue weighted by molar-refractivity contribution is 0.424. The third-order valence-corrected chi connectivity index (χ3v) is 3.71. The van der Waals surface area contributed by atoms with E-state index in [1.807, 2.05) is 0 Å². The van der Waals surface area contributed by atoms with Crippen LogP contribution in [0.1, 0.15) is 20.3 Å². The number of hydrogen-bond donors (Lipinski definition) is 0. The van der Waals surface area contributed by atoms with E-state index in [1.54, 1.807) is 7.11 Å². The van der Waals surface area contributed by atoms with Gasteiger partial charge < -0.3 is 4.43 Å². The summed E-state index contributed by atoms with van der Waals surface area (Å²) < 4.78 is 5.24. The molecule has 1 atom stereocenters. The van der Waals surface area contributed by atoms with Crippen LogP contribution in [-0.2, 0) is 4.43 Å². The molecule has 2 nitrogen and oxygen atoms in total. The molecule has 66 valence electrons. The van der Waals surface area contributed by atoms with E-state index in [4.69, 9.17) is 4.43 Å². The molecule has 0 radical (unpaired) electrons. The summed E-state index contributed by atoms with van der Waals surface area (Å²) in [6.07, 6.45) is 1.07. The Hall–Kier alpha value is -0.153. The van der Waals surface area contributed by atoms with E-state index in [9.17, 15) is 0 Å². The lowest BCUT2D eigenvalue weighted by Gasteiger charge is -2.04. The van der Waals surface area contributed by atoms with Gasteiger partial charge in [-0.3, -0.25) is 4.99 Å². The zero-order valence-electron chi connectivity index (χ0n) is 8.05. The summed E-state index contributed by atoms with van der Waals surface area (Å²) >= 11 is 0. The second-order valence-corrected chi connectivity index (χ2v) is 5.48. The Labute approximate surface area is 71.4 Å². The van der Waals surface area contributed by atoms with Crippen molar-refractivity contribution in [1.82, 2.24) is 0 Å².